The van der Waals surface area contributed by atoms with Crippen molar-refractivity contribution in [1.82, 2.24) is 4.90 Å². The van der Waals surface area contributed by atoms with Gasteiger partial charge < -0.3 is 9.47 Å². The summed E-state index contributed by atoms with van der Waals surface area (Å²) in [6, 6.07) is 8.23. The number of methoxy groups -OCH3 is 1. The molecule has 16 heavy (non-hydrogen) atoms. The maximum Gasteiger partial charge on any atom is 0.118 e. The lowest BCUT2D eigenvalue weighted by atomic mass is 10.2. The van der Waals surface area contributed by atoms with Gasteiger partial charge in [0.1, 0.15) is 5.75 Å². The number of hydrogen-bond donors (Lipinski definition) is 0. The second-order valence-electron chi connectivity index (χ2n) is 4.19. The topological polar surface area (TPSA) is 21.7 Å². The zero-order valence-electron chi connectivity index (χ0n) is 9.98. The normalized spacial score (nSPS) is 21.2. The van der Waals surface area contributed by atoms with Crippen LogP contribution in [0, 0.1) is 0 Å². The number of hydrogen-bond acceptors (Lipinski definition) is 3. The molecule has 1 unspecified atom stereocenters. The summed E-state index contributed by atoms with van der Waals surface area (Å²) in [7, 11) is 1.69. The van der Waals surface area contributed by atoms with E-state index in [1.54, 1.807) is 7.11 Å². The molecule has 88 valence electrons. The smallest absolute Gasteiger partial charge is 0.118 e. The largest absolute Gasteiger partial charge is 0.497 e. The molecule has 0 saturated carbocycles. The summed E-state index contributed by atoms with van der Waals surface area (Å²) in [5, 5.41) is 0. The van der Waals surface area contributed by atoms with Crippen molar-refractivity contribution in [3.05, 3.63) is 29.8 Å². The number of benzene rings is 1. The van der Waals surface area contributed by atoms with Gasteiger partial charge in [0, 0.05) is 13.1 Å². The Bertz CT molecular complexity index is 323. The summed E-state index contributed by atoms with van der Waals surface area (Å²) in [5.74, 6) is 0.910. The average molecular weight is 221 g/mol. The Hall–Kier alpha value is -1.06. The number of nitrogens with zero attached hydrogens (tertiary/aromatic N) is 1. The van der Waals surface area contributed by atoms with E-state index in [0.29, 0.717) is 6.10 Å². The Kier molecular flexibility index (Phi) is 3.80. The first kappa shape index (κ1) is 11.4. The zero-order chi connectivity index (χ0) is 11.4. The predicted octanol–water partition coefficient (Wildman–Crippen LogP) is 2.26. The fourth-order valence-corrected chi connectivity index (χ4v) is 1.95. The lowest BCUT2D eigenvalue weighted by molar-refractivity contribution is 0.0860. The lowest BCUT2D eigenvalue weighted by Gasteiger charge is -2.13. The molecule has 0 amide bonds. The lowest BCUT2D eigenvalue weighted by Crippen LogP contribution is -2.21. The van der Waals surface area contributed by atoms with Crippen LogP contribution in [0.3, 0.4) is 0 Å². The molecule has 1 aromatic rings. The highest BCUT2D eigenvalue weighted by molar-refractivity contribution is 5.27. The molecule has 3 heteroatoms. The first-order valence-electron chi connectivity index (χ1n) is 5.78. The number of ether oxygens (including phenoxy) is 2. The van der Waals surface area contributed by atoms with Crippen LogP contribution < -0.4 is 4.74 Å². The molecule has 0 spiro atoms. The van der Waals surface area contributed by atoms with Crippen molar-refractivity contribution < 1.29 is 9.47 Å². The van der Waals surface area contributed by atoms with Crippen molar-refractivity contribution >= 4 is 0 Å². The van der Waals surface area contributed by atoms with Gasteiger partial charge in [0.15, 0.2) is 0 Å². The van der Waals surface area contributed by atoms with Gasteiger partial charge in [-0.05, 0) is 24.1 Å². The second kappa shape index (κ2) is 5.32. The van der Waals surface area contributed by atoms with Gasteiger partial charge in [-0.3, -0.25) is 4.90 Å². The fraction of sp³-hybridized carbons (Fsp3) is 0.538. The molecule has 0 radical (unpaired) electrons. The molecular weight excluding hydrogens is 202 g/mol. The van der Waals surface area contributed by atoms with E-state index in [-0.39, 0.29) is 0 Å². The third kappa shape index (κ3) is 2.74. The van der Waals surface area contributed by atoms with E-state index in [9.17, 15) is 0 Å². The van der Waals surface area contributed by atoms with Crippen LogP contribution in [0.15, 0.2) is 24.3 Å². The first-order valence-corrected chi connectivity index (χ1v) is 5.78. The highest BCUT2D eigenvalue weighted by atomic mass is 16.5. The Morgan fingerprint density at radius 1 is 1.38 bits per heavy atom. The molecule has 0 aromatic heterocycles. The molecule has 0 aliphatic carbocycles. The quantitative estimate of drug-likeness (QED) is 0.778. The van der Waals surface area contributed by atoms with Gasteiger partial charge in [-0.1, -0.05) is 19.1 Å². The van der Waals surface area contributed by atoms with Gasteiger partial charge in [0.05, 0.1) is 19.9 Å². The maximum atomic E-state index is 5.63. The van der Waals surface area contributed by atoms with Crippen molar-refractivity contribution in [2.45, 2.75) is 26.0 Å². The van der Waals surface area contributed by atoms with Crippen molar-refractivity contribution in [3.8, 4) is 5.75 Å². The van der Waals surface area contributed by atoms with E-state index in [1.165, 1.54) is 5.56 Å². The molecule has 1 aliphatic heterocycles. The monoisotopic (exact) mass is 221 g/mol. The van der Waals surface area contributed by atoms with E-state index < -0.39 is 0 Å². The molecule has 1 saturated heterocycles. The number of rotatable bonds is 4. The van der Waals surface area contributed by atoms with E-state index in [0.717, 1.165) is 32.0 Å². The van der Waals surface area contributed by atoms with E-state index in [2.05, 4.69) is 24.0 Å². The van der Waals surface area contributed by atoms with Gasteiger partial charge in [-0.2, -0.15) is 0 Å². The van der Waals surface area contributed by atoms with Gasteiger partial charge in [0.2, 0.25) is 0 Å². The summed E-state index contributed by atoms with van der Waals surface area (Å²) in [6.07, 6.45) is 1.51. The summed E-state index contributed by atoms with van der Waals surface area (Å²) in [5.41, 5.74) is 1.31. The van der Waals surface area contributed by atoms with Crippen molar-refractivity contribution in [2.24, 2.45) is 0 Å². The van der Waals surface area contributed by atoms with Crippen LogP contribution in [-0.2, 0) is 11.3 Å². The average Bonchev–Trinajstić information content (AvgIpc) is 2.78. The van der Waals surface area contributed by atoms with Gasteiger partial charge in [-0.25, -0.2) is 0 Å². The van der Waals surface area contributed by atoms with Crippen LogP contribution in [0.5, 0.6) is 5.75 Å². The molecule has 0 bridgehead atoms. The highest BCUT2D eigenvalue weighted by Crippen LogP contribution is 2.16. The van der Waals surface area contributed by atoms with Gasteiger partial charge >= 0.3 is 0 Å². The molecule has 1 aliphatic rings. The van der Waals surface area contributed by atoms with E-state index in [4.69, 9.17) is 9.47 Å². The van der Waals surface area contributed by atoms with Crippen molar-refractivity contribution in [1.29, 1.82) is 0 Å². The molecule has 0 N–H and O–H groups in total. The van der Waals surface area contributed by atoms with Crippen LogP contribution >= 0.6 is 0 Å². The zero-order valence-corrected chi connectivity index (χ0v) is 9.98. The Balaban J connectivity index is 1.89. The van der Waals surface area contributed by atoms with Crippen LogP contribution in [0.2, 0.25) is 0 Å². The highest BCUT2D eigenvalue weighted by Gasteiger charge is 2.21. The summed E-state index contributed by atoms with van der Waals surface area (Å²) < 4.78 is 10.8. The van der Waals surface area contributed by atoms with Gasteiger partial charge in [-0.15, -0.1) is 0 Å². The van der Waals surface area contributed by atoms with Crippen molar-refractivity contribution in [3.63, 3.8) is 0 Å². The molecule has 1 fully saturated rings. The van der Waals surface area contributed by atoms with Crippen LogP contribution in [0.25, 0.3) is 0 Å². The summed E-state index contributed by atoms with van der Waals surface area (Å²) in [6.45, 7) is 4.93. The minimum Gasteiger partial charge on any atom is -0.497 e. The van der Waals surface area contributed by atoms with Gasteiger partial charge in [0.25, 0.3) is 0 Å². The molecule has 1 aromatic carbocycles. The Morgan fingerprint density at radius 2 is 2.12 bits per heavy atom. The summed E-state index contributed by atoms with van der Waals surface area (Å²) in [4.78, 5) is 2.33. The second-order valence-corrected chi connectivity index (χ2v) is 4.19. The minimum atomic E-state index is 0.415. The standard InChI is InChI=1S/C13H19NO2/c1-3-12-9-14(10-16-12)8-11-4-6-13(15-2)7-5-11/h4-7,12H,3,8-10H2,1-2H3. The fourth-order valence-electron chi connectivity index (χ4n) is 1.95. The minimum absolute atomic E-state index is 0.415. The SMILES string of the molecule is CCC1CN(Cc2ccc(OC)cc2)CO1. The van der Waals surface area contributed by atoms with Crippen molar-refractivity contribution in [2.75, 3.05) is 20.4 Å². The first-order chi connectivity index (χ1) is 7.81. The molecular formula is C13H19NO2. The summed E-state index contributed by atoms with van der Waals surface area (Å²) >= 11 is 0. The maximum absolute atomic E-state index is 5.63. The molecule has 2 rings (SSSR count). The van der Waals surface area contributed by atoms with E-state index in [1.807, 2.05) is 12.1 Å². The third-order valence-electron chi connectivity index (χ3n) is 2.98. The van der Waals surface area contributed by atoms with Crippen LogP contribution in [-0.4, -0.2) is 31.4 Å². The van der Waals surface area contributed by atoms with Crippen LogP contribution in [0.1, 0.15) is 18.9 Å². The Morgan fingerprint density at radius 3 is 2.69 bits per heavy atom. The molecule has 1 heterocycles. The molecule has 3 nitrogen and oxygen atoms in total. The molecule has 1 atom stereocenters. The third-order valence-corrected chi connectivity index (χ3v) is 2.98. The van der Waals surface area contributed by atoms with E-state index >= 15 is 0 Å². The Labute approximate surface area is 97.0 Å². The predicted molar refractivity (Wildman–Crippen MR) is 63.4 cm³/mol. The van der Waals surface area contributed by atoms with Crippen LogP contribution in [0.4, 0.5) is 0 Å².